The van der Waals surface area contributed by atoms with Crippen molar-refractivity contribution in [1.29, 1.82) is 5.26 Å². The lowest BCUT2D eigenvalue weighted by Crippen LogP contribution is -2.33. The maximum Gasteiger partial charge on any atom is 0.322 e. The molecular formula is C17H17FN4O3S. The number of anilines is 1. The number of carbonyl (C=O) groups is 1. The third-order valence-corrected chi connectivity index (χ3v) is 4.87. The molecule has 0 saturated carbocycles. The van der Waals surface area contributed by atoms with Crippen LogP contribution in [-0.2, 0) is 10.0 Å². The highest BCUT2D eigenvalue weighted by atomic mass is 32.2. The van der Waals surface area contributed by atoms with E-state index < -0.39 is 27.9 Å². The van der Waals surface area contributed by atoms with Crippen LogP contribution in [0.15, 0.2) is 47.4 Å². The maximum absolute atomic E-state index is 13.2. The summed E-state index contributed by atoms with van der Waals surface area (Å²) in [5, 5.41) is 16.6. The molecule has 0 aliphatic carbocycles. The van der Waals surface area contributed by atoms with Gasteiger partial charge in [0.25, 0.3) is 0 Å². The topological polar surface area (TPSA) is 116 Å². The number of primary sulfonamides is 1. The molecule has 1 atom stereocenters. The molecule has 136 valence electrons. The standard InChI is InChI=1S/C17H17FN4O3S/c1-11(12-3-6-15(7-4-12)26(20,24)25)22(2)17(23)21-16-8-5-14(18)9-13(16)10-19/h3-9,11H,1-2H3,(H,21,23)(H2,20,24,25). The number of amides is 2. The second-order valence-electron chi connectivity index (χ2n) is 5.63. The van der Waals surface area contributed by atoms with Gasteiger partial charge in [0, 0.05) is 7.05 Å². The van der Waals surface area contributed by atoms with Crippen molar-refractivity contribution in [3.05, 3.63) is 59.4 Å². The molecular weight excluding hydrogens is 359 g/mol. The van der Waals surface area contributed by atoms with Crippen LogP contribution in [0.2, 0.25) is 0 Å². The predicted octanol–water partition coefficient (Wildman–Crippen LogP) is 2.57. The normalized spacial score (nSPS) is 12.1. The molecule has 0 aliphatic rings. The first kappa shape index (κ1) is 19.4. The summed E-state index contributed by atoms with van der Waals surface area (Å²) in [7, 11) is -2.24. The summed E-state index contributed by atoms with van der Waals surface area (Å²) in [5.74, 6) is -0.573. The molecule has 9 heteroatoms. The van der Waals surface area contributed by atoms with Gasteiger partial charge in [-0.05, 0) is 42.8 Å². The second kappa shape index (κ2) is 7.51. The highest BCUT2D eigenvalue weighted by Gasteiger charge is 2.19. The van der Waals surface area contributed by atoms with Gasteiger partial charge in [-0.3, -0.25) is 0 Å². The summed E-state index contributed by atoms with van der Waals surface area (Å²) in [6, 6.07) is 10.3. The van der Waals surface area contributed by atoms with Crippen LogP contribution in [0.3, 0.4) is 0 Å². The highest BCUT2D eigenvalue weighted by Crippen LogP contribution is 2.22. The molecule has 7 nitrogen and oxygen atoms in total. The summed E-state index contributed by atoms with van der Waals surface area (Å²) < 4.78 is 35.8. The van der Waals surface area contributed by atoms with E-state index in [1.54, 1.807) is 26.1 Å². The first-order valence-electron chi connectivity index (χ1n) is 7.49. The summed E-state index contributed by atoms with van der Waals surface area (Å²) in [6.07, 6.45) is 0. The number of hydrogen-bond acceptors (Lipinski definition) is 4. The van der Waals surface area contributed by atoms with Gasteiger partial charge in [0.2, 0.25) is 10.0 Å². The first-order valence-corrected chi connectivity index (χ1v) is 9.04. The van der Waals surface area contributed by atoms with E-state index in [4.69, 9.17) is 10.4 Å². The lowest BCUT2D eigenvalue weighted by molar-refractivity contribution is 0.208. The van der Waals surface area contributed by atoms with Gasteiger partial charge < -0.3 is 10.2 Å². The van der Waals surface area contributed by atoms with Crippen molar-refractivity contribution >= 4 is 21.7 Å². The van der Waals surface area contributed by atoms with Crippen LogP contribution in [0.1, 0.15) is 24.1 Å². The molecule has 3 N–H and O–H groups in total. The lowest BCUT2D eigenvalue weighted by Gasteiger charge is -2.26. The maximum atomic E-state index is 13.2. The van der Waals surface area contributed by atoms with Crippen molar-refractivity contribution in [1.82, 2.24) is 4.90 Å². The number of nitrogens with one attached hydrogen (secondary N) is 1. The molecule has 0 bridgehead atoms. The molecule has 0 spiro atoms. The van der Waals surface area contributed by atoms with Crippen molar-refractivity contribution in [2.75, 3.05) is 12.4 Å². The third kappa shape index (κ3) is 4.36. The number of hydrogen-bond donors (Lipinski definition) is 2. The summed E-state index contributed by atoms with van der Waals surface area (Å²) in [4.78, 5) is 13.8. The summed E-state index contributed by atoms with van der Waals surface area (Å²) in [6.45, 7) is 1.75. The van der Waals surface area contributed by atoms with Crippen LogP contribution in [0.25, 0.3) is 0 Å². The monoisotopic (exact) mass is 376 g/mol. The predicted molar refractivity (Wildman–Crippen MR) is 94.1 cm³/mol. The zero-order valence-corrected chi connectivity index (χ0v) is 14.9. The van der Waals surface area contributed by atoms with E-state index >= 15 is 0 Å². The van der Waals surface area contributed by atoms with Crippen molar-refractivity contribution in [2.24, 2.45) is 5.14 Å². The van der Waals surface area contributed by atoms with Crippen molar-refractivity contribution < 1.29 is 17.6 Å². The molecule has 0 saturated heterocycles. The molecule has 1 unspecified atom stereocenters. The molecule has 2 aromatic carbocycles. The molecule has 2 aromatic rings. The number of urea groups is 1. The van der Waals surface area contributed by atoms with Crippen LogP contribution >= 0.6 is 0 Å². The Morgan fingerprint density at radius 1 is 1.27 bits per heavy atom. The molecule has 2 rings (SSSR count). The molecule has 2 amide bonds. The Balaban J connectivity index is 2.16. The number of nitriles is 1. The summed E-state index contributed by atoms with van der Waals surface area (Å²) in [5.41, 5.74) is 0.897. The van der Waals surface area contributed by atoms with Gasteiger partial charge in [-0.2, -0.15) is 5.26 Å². The van der Waals surface area contributed by atoms with Gasteiger partial charge in [-0.15, -0.1) is 0 Å². The average molecular weight is 376 g/mol. The molecule has 0 aliphatic heterocycles. The van der Waals surface area contributed by atoms with Gasteiger partial charge in [0.15, 0.2) is 0 Å². The zero-order chi connectivity index (χ0) is 19.5. The Kier molecular flexibility index (Phi) is 5.59. The number of halogens is 1. The number of benzene rings is 2. The van der Waals surface area contributed by atoms with Gasteiger partial charge >= 0.3 is 6.03 Å². The zero-order valence-electron chi connectivity index (χ0n) is 14.1. The van der Waals surface area contributed by atoms with Gasteiger partial charge in [0.05, 0.1) is 22.2 Å². The lowest BCUT2D eigenvalue weighted by atomic mass is 10.1. The Hall–Kier alpha value is -2.96. The van der Waals surface area contributed by atoms with E-state index in [-0.39, 0.29) is 16.1 Å². The fourth-order valence-corrected chi connectivity index (χ4v) is 2.77. The van der Waals surface area contributed by atoms with E-state index in [1.807, 2.05) is 6.07 Å². The third-order valence-electron chi connectivity index (χ3n) is 3.94. The summed E-state index contributed by atoms with van der Waals surface area (Å²) >= 11 is 0. The van der Waals surface area contributed by atoms with Gasteiger partial charge in [-0.25, -0.2) is 22.7 Å². The van der Waals surface area contributed by atoms with Crippen LogP contribution in [-0.4, -0.2) is 26.4 Å². The number of sulfonamides is 1. The molecule has 0 radical (unpaired) electrons. The SMILES string of the molecule is CC(c1ccc(S(N)(=O)=O)cc1)N(C)C(=O)Nc1ccc(F)cc1C#N. The van der Waals surface area contributed by atoms with Gasteiger partial charge in [-0.1, -0.05) is 12.1 Å². The molecule has 0 fully saturated rings. The molecule has 0 heterocycles. The highest BCUT2D eigenvalue weighted by molar-refractivity contribution is 7.89. The van der Waals surface area contributed by atoms with Crippen LogP contribution < -0.4 is 10.5 Å². The minimum Gasteiger partial charge on any atom is -0.321 e. The fraction of sp³-hybridized carbons (Fsp3) is 0.176. The average Bonchev–Trinajstić information content (AvgIpc) is 2.61. The van der Waals surface area contributed by atoms with Crippen LogP contribution in [0.4, 0.5) is 14.9 Å². The fourth-order valence-electron chi connectivity index (χ4n) is 2.26. The number of carbonyl (C=O) groups excluding carboxylic acids is 1. The Bertz CT molecular complexity index is 968. The quantitative estimate of drug-likeness (QED) is 0.853. The van der Waals surface area contributed by atoms with E-state index in [0.717, 1.165) is 12.1 Å². The van der Waals surface area contributed by atoms with E-state index in [0.29, 0.717) is 5.56 Å². The first-order chi connectivity index (χ1) is 12.1. The Morgan fingerprint density at radius 2 is 1.88 bits per heavy atom. The number of nitrogens with zero attached hydrogens (tertiary/aromatic N) is 2. The van der Waals surface area contributed by atoms with E-state index in [2.05, 4.69) is 5.32 Å². The van der Waals surface area contributed by atoms with Crippen molar-refractivity contribution in [3.63, 3.8) is 0 Å². The Labute approximate surface area is 150 Å². The largest absolute Gasteiger partial charge is 0.322 e. The van der Waals surface area contributed by atoms with Crippen LogP contribution in [0.5, 0.6) is 0 Å². The van der Waals surface area contributed by atoms with E-state index in [1.165, 1.54) is 23.1 Å². The van der Waals surface area contributed by atoms with E-state index in [9.17, 15) is 17.6 Å². The minimum atomic E-state index is -3.79. The smallest absolute Gasteiger partial charge is 0.321 e. The van der Waals surface area contributed by atoms with Gasteiger partial charge in [0.1, 0.15) is 11.9 Å². The molecule has 26 heavy (non-hydrogen) atoms. The Morgan fingerprint density at radius 3 is 2.42 bits per heavy atom. The number of nitrogens with two attached hydrogens (primary N) is 1. The van der Waals surface area contributed by atoms with Crippen molar-refractivity contribution in [2.45, 2.75) is 17.9 Å². The van der Waals surface area contributed by atoms with Crippen molar-refractivity contribution in [3.8, 4) is 6.07 Å². The minimum absolute atomic E-state index is 0.0110. The number of rotatable bonds is 4. The molecule has 0 aromatic heterocycles. The van der Waals surface area contributed by atoms with Crippen LogP contribution in [0, 0.1) is 17.1 Å². The second-order valence-corrected chi connectivity index (χ2v) is 7.19.